The van der Waals surface area contributed by atoms with Crippen LogP contribution in [0, 0.1) is 0 Å². The summed E-state index contributed by atoms with van der Waals surface area (Å²) in [5.74, 6) is 0.847. The molecule has 0 amide bonds. The molecule has 1 saturated heterocycles. The molecule has 1 aliphatic heterocycles. The molecular weight excluding hydrogens is 620 g/mol. The minimum absolute atomic E-state index is 0.0763. The normalized spacial score (nSPS) is 21.4. The van der Waals surface area contributed by atoms with E-state index in [1.807, 2.05) is 6.20 Å². The van der Waals surface area contributed by atoms with Gasteiger partial charge in [-0.2, -0.15) is 4.98 Å². The van der Waals surface area contributed by atoms with E-state index in [9.17, 15) is 0 Å². The fourth-order valence-corrected chi connectivity index (χ4v) is 8.14. The Hall–Kier alpha value is -0.469. The number of nitrogens with zero attached hydrogens (tertiary/aromatic N) is 3. The van der Waals surface area contributed by atoms with Crippen molar-refractivity contribution >= 4 is 65.1 Å². The number of alkyl halides is 1. The van der Waals surface area contributed by atoms with Crippen LogP contribution in [0.4, 0.5) is 5.95 Å². The molecule has 1 aliphatic rings. The second-order valence-electron chi connectivity index (χ2n) is 16.6. The van der Waals surface area contributed by atoms with Crippen LogP contribution in [0.15, 0.2) is 6.20 Å². The van der Waals surface area contributed by atoms with Gasteiger partial charge in [-0.1, -0.05) is 87.0 Å². The molecule has 2 aromatic heterocycles. The lowest BCUT2D eigenvalue weighted by atomic mass is 10.2. The summed E-state index contributed by atoms with van der Waals surface area (Å²) in [4.78, 5) is 13.4. The Balaban J connectivity index is 2.05. The van der Waals surface area contributed by atoms with Crippen molar-refractivity contribution in [2.45, 2.75) is 147 Å². The van der Waals surface area contributed by atoms with Crippen molar-refractivity contribution < 1.29 is 13.6 Å². The van der Waals surface area contributed by atoms with Crippen LogP contribution in [0.25, 0.3) is 11.0 Å². The third-order valence-corrected chi connectivity index (χ3v) is 24.5. The summed E-state index contributed by atoms with van der Waals surface area (Å²) in [6.07, 6.45) is 2.13. The van der Waals surface area contributed by atoms with Crippen LogP contribution in [0.5, 0.6) is 0 Å². The zero-order valence-electron chi connectivity index (χ0n) is 28.8. The largest absolute Gasteiger partial charge is 0.414 e. The maximum atomic E-state index is 7.02. The van der Waals surface area contributed by atoms with E-state index in [-0.39, 0.29) is 33.6 Å². The summed E-state index contributed by atoms with van der Waals surface area (Å²) in [6, 6.07) is 0. The highest BCUT2D eigenvalue weighted by Gasteiger charge is 2.47. The van der Waals surface area contributed by atoms with Crippen molar-refractivity contribution in [2.24, 2.45) is 0 Å². The fraction of sp³-hybridized carbons (Fsp3) is 0.800. The number of aromatic nitrogens is 3. The van der Waals surface area contributed by atoms with Crippen LogP contribution in [0.1, 0.15) is 80.5 Å². The molecule has 0 bridgehead atoms. The summed E-state index contributed by atoms with van der Waals surface area (Å²) >= 11 is 13.3. The number of hydrogen-bond acceptors (Lipinski definition) is 6. The van der Waals surface area contributed by atoms with Crippen molar-refractivity contribution in [3.8, 4) is 0 Å². The van der Waals surface area contributed by atoms with Crippen molar-refractivity contribution in [1.29, 1.82) is 0 Å². The van der Waals surface area contributed by atoms with Gasteiger partial charge in [-0.05, 0) is 46.9 Å². The summed E-state index contributed by atoms with van der Waals surface area (Å²) in [7, 11) is -6.01. The van der Waals surface area contributed by atoms with Gasteiger partial charge in [-0.25, -0.2) is 4.98 Å². The molecule has 2 aromatic rings. The van der Waals surface area contributed by atoms with Crippen LogP contribution in [0.2, 0.25) is 59.5 Å². The van der Waals surface area contributed by atoms with E-state index >= 15 is 0 Å². The molecule has 3 atom stereocenters. The van der Waals surface area contributed by atoms with Gasteiger partial charge in [0.05, 0.1) is 18.1 Å². The average molecular weight is 676 g/mol. The van der Waals surface area contributed by atoms with E-state index in [0.29, 0.717) is 30.0 Å². The minimum Gasteiger partial charge on any atom is -0.414 e. The molecular formula is C30H56Cl2N4O3Si3. The molecule has 0 aromatic carbocycles. The van der Waals surface area contributed by atoms with E-state index in [1.54, 1.807) is 0 Å². The molecule has 3 rings (SSSR count). The highest BCUT2D eigenvalue weighted by molar-refractivity contribution is 6.82. The second kappa shape index (κ2) is 12.0. The number of hydrogen-bond donors (Lipinski definition) is 1. The number of fused-ring (bicyclic) bond motifs is 1. The lowest BCUT2D eigenvalue weighted by molar-refractivity contribution is -0.0382. The van der Waals surface area contributed by atoms with Gasteiger partial charge in [0.15, 0.2) is 24.9 Å². The second-order valence-corrected chi connectivity index (χ2v) is 31.8. The molecule has 0 unspecified atom stereocenters. The van der Waals surface area contributed by atoms with Gasteiger partial charge < -0.3 is 23.1 Å². The third kappa shape index (κ3) is 7.49. The quantitative estimate of drug-likeness (QED) is 0.162. The van der Waals surface area contributed by atoms with E-state index in [1.165, 1.54) is 0 Å². The first kappa shape index (κ1) is 36.0. The van der Waals surface area contributed by atoms with E-state index in [4.69, 9.17) is 41.8 Å². The van der Waals surface area contributed by atoms with E-state index in [0.717, 1.165) is 16.6 Å². The first-order chi connectivity index (χ1) is 18.8. The van der Waals surface area contributed by atoms with Crippen LogP contribution < -0.4 is 4.98 Å². The van der Waals surface area contributed by atoms with Gasteiger partial charge in [0.2, 0.25) is 5.95 Å². The summed E-state index contributed by atoms with van der Waals surface area (Å²) in [5, 5.41) is 1.46. The first-order valence-corrected chi connectivity index (χ1v) is 24.9. The Morgan fingerprint density at radius 2 is 1.50 bits per heavy atom. The number of ether oxygens (including phenoxy) is 1. The summed E-state index contributed by atoms with van der Waals surface area (Å²) in [6.45, 7) is 34.6. The first-order valence-electron chi connectivity index (χ1n) is 15.2. The molecule has 0 spiro atoms. The Bertz CT molecular complexity index is 1260. The molecule has 0 saturated carbocycles. The molecule has 0 radical (unpaired) electrons. The molecule has 1 fully saturated rings. The molecule has 240 valence electrons. The van der Waals surface area contributed by atoms with Crippen molar-refractivity contribution in [3.05, 3.63) is 16.9 Å². The highest BCUT2D eigenvalue weighted by atomic mass is 35.5. The Labute approximate surface area is 268 Å². The zero-order chi connectivity index (χ0) is 32.3. The van der Waals surface area contributed by atoms with Crippen molar-refractivity contribution in [2.75, 3.05) is 11.6 Å². The SMILES string of the molecule is CC(C)(C)[Si](C)(C)Nc1nc(Cl)c2c(CCl)cn([C@H]3C[C@@H](O[Si](C)(C)C(C)(C)C)[C@@H](CO[Si](C)(C)C(C)(C)C)O3)c2n1. The van der Waals surface area contributed by atoms with Crippen LogP contribution >= 0.6 is 23.2 Å². The third-order valence-electron chi connectivity index (χ3n) is 10.3. The standard InChI is InChI=1S/C30H56Cl2N4O3Si3/c1-28(2,3)40(10,11)35-27-33-25(32)24-20(17-31)18-36(26(24)34-27)23-16-21(39-42(14,15)30(7,8)9)22(38-23)19-37-41(12,13)29(4,5)6/h18,21-23H,16-17,19H2,1-15H3,(H,33,34,35)/t21-,22-,23-/m1/s1. The maximum Gasteiger partial charge on any atom is 0.218 e. The maximum absolute atomic E-state index is 7.02. The van der Waals surface area contributed by atoms with Crippen LogP contribution in [-0.4, -0.2) is 58.2 Å². The summed E-state index contributed by atoms with van der Waals surface area (Å²) in [5.41, 5.74) is 1.62. The smallest absolute Gasteiger partial charge is 0.218 e. The van der Waals surface area contributed by atoms with Crippen LogP contribution in [-0.2, 0) is 19.5 Å². The molecule has 42 heavy (non-hydrogen) atoms. The number of halogens is 2. The van der Waals surface area contributed by atoms with Gasteiger partial charge in [-0.3, -0.25) is 0 Å². The average Bonchev–Trinajstić information content (AvgIpc) is 3.36. The van der Waals surface area contributed by atoms with E-state index < -0.39 is 24.9 Å². The van der Waals surface area contributed by atoms with Crippen molar-refractivity contribution in [1.82, 2.24) is 14.5 Å². The van der Waals surface area contributed by atoms with Gasteiger partial charge in [0.25, 0.3) is 0 Å². The van der Waals surface area contributed by atoms with E-state index in [2.05, 4.69) is 116 Å². The Morgan fingerprint density at radius 3 is 2.00 bits per heavy atom. The topological polar surface area (TPSA) is 70.4 Å². The molecule has 1 N–H and O–H groups in total. The Morgan fingerprint density at radius 1 is 0.929 bits per heavy atom. The lowest BCUT2D eigenvalue weighted by Crippen LogP contribution is -2.48. The minimum atomic E-state index is -2.08. The lowest BCUT2D eigenvalue weighted by Gasteiger charge is -2.40. The predicted molar refractivity (Wildman–Crippen MR) is 187 cm³/mol. The highest BCUT2D eigenvalue weighted by Crippen LogP contribution is 2.44. The fourth-order valence-electron chi connectivity index (χ4n) is 4.23. The number of rotatable bonds is 9. The molecule has 3 heterocycles. The van der Waals surface area contributed by atoms with Gasteiger partial charge in [-0.15, -0.1) is 11.6 Å². The number of anilines is 1. The van der Waals surface area contributed by atoms with Gasteiger partial charge >= 0.3 is 0 Å². The predicted octanol–water partition coefficient (Wildman–Crippen LogP) is 9.94. The number of nitrogens with one attached hydrogen (secondary N) is 1. The van der Waals surface area contributed by atoms with Crippen LogP contribution in [0.3, 0.4) is 0 Å². The molecule has 12 heteroatoms. The Kier molecular flexibility index (Phi) is 10.3. The summed E-state index contributed by atoms with van der Waals surface area (Å²) < 4.78 is 22.6. The van der Waals surface area contributed by atoms with Gasteiger partial charge in [0.1, 0.15) is 23.1 Å². The zero-order valence-corrected chi connectivity index (χ0v) is 33.3. The van der Waals surface area contributed by atoms with Crippen molar-refractivity contribution in [3.63, 3.8) is 0 Å². The molecule has 7 nitrogen and oxygen atoms in total. The van der Waals surface area contributed by atoms with Gasteiger partial charge in [0, 0.05) is 18.5 Å². The monoisotopic (exact) mass is 674 g/mol. The molecule has 0 aliphatic carbocycles.